The number of aliphatic carboxylic acids is 1. The van der Waals surface area contributed by atoms with Gasteiger partial charge in [0.15, 0.2) is 5.78 Å². The fourth-order valence-electron chi connectivity index (χ4n) is 3.88. The van der Waals surface area contributed by atoms with Crippen LogP contribution in [-0.2, 0) is 11.2 Å². The Hall–Kier alpha value is -2.45. The first-order chi connectivity index (χ1) is 17.9. The Morgan fingerprint density at radius 1 is 0.921 bits per heavy atom. The van der Waals surface area contributed by atoms with E-state index in [1.54, 1.807) is 23.9 Å². The Bertz CT molecular complexity index is 1140. The third-order valence-corrected chi connectivity index (χ3v) is 7.18. The molecule has 1 unspecified atom stereocenters. The fraction of sp³-hybridized carbons (Fsp3) is 0.333. The van der Waals surface area contributed by atoms with Crippen LogP contribution < -0.4 is 44.1 Å². The molecule has 0 saturated carbocycles. The Morgan fingerprint density at radius 2 is 1.58 bits per heavy atom. The van der Waals surface area contributed by atoms with Crippen LogP contribution in [-0.4, -0.2) is 35.8 Å². The van der Waals surface area contributed by atoms with Crippen molar-refractivity contribution >= 4 is 23.5 Å². The number of phenols is 1. The number of aryl methyl sites for hydroxylation is 1. The summed E-state index contributed by atoms with van der Waals surface area (Å²) in [5.41, 5.74) is 2.73. The number of carboxylic acid groups (broad SMARTS) is 1. The minimum absolute atomic E-state index is 0. The van der Waals surface area contributed by atoms with Crippen LogP contribution >= 0.6 is 11.8 Å². The first-order valence-electron chi connectivity index (χ1n) is 12.5. The number of rotatable bonds is 16. The van der Waals surface area contributed by atoms with Gasteiger partial charge in [-0.2, -0.15) is 11.8 Å². The molecule has 8 heteroatoms. The van der Waals surface area contributed by atoms with E-state index in [1.165, 1.54) is 18.6 Å². The van der Waals surface area contributed by atoms with E-state index in [0.717, 1.165) is 30.6 Å². The Kier molecular flexibility index (Phi) is 14.4. The van der Waals surface area contributed by atoms with Crippen LogP contribution in [0.1, 0.15) is 59.3 Å². The Morgan fingerprint density at radius 3 is 2.21 bits per heavy atom. The summed E-state index contributed by atoms with van der Waals surface area (Å²) in [7, 11) is 0. The van der Waals surface area contributed by atoms with E-state index in [-0.39, 0.29) is 58.3 Å². The molecule has 0 aromatic heterocycles. The van der Waals surface area contributed by atoms with Crippen molar-refractivity contribution in [2.75, 3.05) is 19.0 Å². The SMILES string of the molecule is CC(=O)c1ccc(OCCCOc2ccc(C(CCCc3ccccc3)SCCC(=O)[O-])cc2)cc1O.[Na+]. The maximum atomic E-state index is 11.4. The van der Waals surface area contributed by atoms with Crippen LogP contribution in [0.25, 0.3) is 0 Å². The molecule has 6 nitrogen and oxygen atoms in total. The maximum Gasteiger partial charge on any atom is 1.00 e. The molecule has 0 spiro atoms. The number of hydrogen-bond acceptors (Lipinski definition) is 7. The van der Waals surface area contributed by atoms with E-state index in [4.69, 9.17) is 9.47 Å². The van der Waals surface area contributed by atoms with Crippen molar-refractivity contribution in [2.45, 2.75) is 44.3 Å². The normalized spacial score (nSPS) is 11.3. The maximum absolute atomic E-state index is 11.4. The molecule has 3 rings (SSSR count). The zero-order valence-electron chi connectivity index (χ0n) is 22.1. The molecule has 1 N–H and O–H groups in total. The van der Waals surface area contributed by atoms with Gasteiger partial charge in [0.2, 0.25) is 0 Å². The number of hydrogen-bond donors (Lipinski definition) is 1. The standard InChI is InChI=1S/C30H34O6S.Na/c1-22(31)27-16-15-26(21-28(27)32)36-19-6-18-35-25-13-11-24(12-14-25)29(37-20-17-30(33)34)10-5-9-23-7-3-2-4-8-23;/h2-4,7-8,11-16,21,29,32H,5-6,9-10,17-20H2,1H3,(H,33,34);/q;+1/p-1. The van der Waals surface area contributed by atoms with Crippen molar-refractivity contribution in [3.63, 3.8) is 0 Å². The summed E-state index contributed by atoms with van der Waals surface area (Å²) in [6.45, 7) is 2.29. The van der Waals surface area contributed by atoms with Gasteiger partial charge in [-0.3, -0.25) is 4.79 Å². The summed E-state index contributed by atoms with van der Waals surface area (Å²) >= 11 is 1.66. The van der Waals surface area contributed by atoms with E-state index in [2.05, 4.69) is 12.1 Å². The largest absolute Gasteiger partial charge is 1.00 e. The molecule has 0 aliphatic rings. The van der Waals surface area contributed by atoms with Crippen molar-refractivity contribution in [2.24, 2.45) is 0 Å². The van der Waals surface area contributed by atoms with Gasteiger partial charge in [0, 0.05) is 23.7 Å². The van der Waals surface area contributed by atoms with Gasteiger partial charge in [-0.25, -0.2) is 0 Å². The summed E-state index contributed by atoms with van der Waals surface area (Å²) in [6, 6.07) is 23.0. The van der Waals surface area contributed by atoms with Crippen LogP contribution in [0.15, 0.2) is 72.8 Å². The van der Waals surface area contributed by atoms with Gasteiger partial charge in [-0.15, -0.1) is 0 Å². The average molecular weight is 545 g/mol. The zero-order valence-corrected chi connectivity index (χ0v) is 24.9. The molecule has 0 aliphatic carbocycles. The number of Topliss-reactive ketones (excluding diaryl/α,β-unsaturated/α-hetero) is 1. The van der Waals surface area contributed by atoms with E-state index in [0.29, 0.717) is 31.1 Å². The smallest absolute Gasteiger partial charge is 0.550 e. The van der Waals surface area contributed by atoms with Gasteiger partial charge in [0.05, 0.1) is 18.8 Å². The molecule has 0 amide bonds. The van der Waals surface area contributed by atoms with E-state index in [1.807, 2.05) is 42.5 Å². The van der Waals surface area contributed by atoms with Crippen LogP contribution in [0.3, 0.4) is 0 Å². The molecule has 3 aromatic carbocycles. The third-order valence-electron chi connectivity index (χ3n) is 5.83. The van der Waals surface area contributed by atoms with E-state index in [9.17, 15) is 19.8 Å². The van der Waals surface area contributed by atoms with Gasteiger partial charge in [-0.05, 0) is 73.8 Å². The Labute approximate surface area is 251 Å². The first kappa shape index (κ1) is 31.8. The monoisotopic (exact) mass is 544 g/mol. The van der Waals surface area contributed by atoms with Crippen molar-refractivity contribution in [3.05, 3.63) is 89.5 Å². The van der Waals surface area contributed by atoms with Crippen LogP contribution in [0, 0.1) is 0 Å². The van der Waals surface area contributed by atoms with Gasteiger partial charge >= 0.3 is 29.6 Å². The molecule has 0 aliphatic heterocycles. The van der Waals surface area contributed by atoms with Crippen LogP contribution in [0.2, 0.25) is 0 Å². The number of carbonyl (C=O) groups excluding carboxylic acids is 2. The minimum Gasteiger partial charge on any atom is -0.550 e. The number of ether oxygens (including phenoxy) is 2. The molecule has 0 saturated heterocycles. The van der Waals surface area contributed by atoms with Crippen LogP contribution in [0.4, 0.5) is 0 Å². The summed E-state index contributed by atoms with van der Waals surface area (Å²) in [5.74, 6) is 0.478. The number of phenolic OH excluding ortho intramolecular Hbond substituents is 1. The van der Waals surface area contributed by atoms with Gasteiger partial charge in [-0.1, -0.05) is 42.5 Å². The van der Waals surface area contributed by atoms with Crippen molar-refractivity contribution in [1.29, 1.82) is 0 Å². The second kappa shape index (κ2) is 17.2. The summed E-state index contributed by atoms with van der Waals surface area (Å²) in [4.78, 5) is 22.3. The number of aromatic hydroxyl groups is 1. The number of carboxylic acids is 1. The fourth-order valence-corrected chi connectivity index (χ4v) is 5.14. The molecule has 0 radical (unpaired) electrons. The van der Waals surface area contributed by atoms with Crippen molar-refractivity contribution < 1.29 is 58.8 Å². The van der Waals surface area contributed by atoms with Crippen molar-refractivity contribution in [1.82, 2.24) is 0 Å². The Balaban J connectivity index is 0.00000507. The second-order valence-electron chi connectivity index (χ2n) is 8.71. The summed E-state index contributed by atoms with van der Waals surface area (Å²) in [5, 5.41) is 21.0. The molecular weight excluding hydrogens is 511 g/mol. The summed E-state index contributed by atoms with van der Waals surface area (Å²) < 4.78 is 11.5. The number of thioether (sulfide) groups is 1. The van der Waals surface area contributed by atoms with E-state index >= 15 is 0 Å². The molecule has 0 heterocycles. The molecule has 0 fully saturated rings. The quantitative estimate of drug-likeness (QED) is 0.168. The molecule has 3 aromatic rings. The minimum atomic E-state index is -1.02. The van der Waals surface area contributed by atoms with Gasteiger partial charge < -0.3 is 24.5 Å². The number of carbonyl (C=O) groups is 2. The molecule has 1 atom stereocenters. The average Bonchev–Trinajstić information content (AvgIpc) is 2.88. The van der Waals surface area contributed by atoms with Gasteiger partial charge in [0.25, 0.3) is 0 Å². The van der Waals surface area contributed by atoms with E-state index < -0.39 is 5.97 Å². The first-order valence-corrected chi connectivity index (χ1v) is 13.5. The van der Waals surface area contributed by atoms with Crippen LogP contribution in [0.5, 0.6) is 17.2 Å². The second-order valence-corrected chi connectivity index (χ2v) is 10.0. The zero-order chi connectivity index (χ0) is 26.5. The third kappa shape index (κ3) is 11.1. The molecule has 196 valence electrons. The topological polar surface area (TPSA) is 95.9 Å². The predicted octanol–water partition coefficient (Wildman–Crippen LogP) is 2.38. The number of ketones is 1. The predicted molar refractivity (Wildman–Crippen MR) is 144 cm³/mol. The van der Waals surface area contributed by atoms with Crippen molar-refractivity contribution in [3.8, 4) is 17.2 Å². The molecule has 38 heavy (non-hydrogen) atoms. The summed E-state index contributed by atoms with van der Waals surface area (Å²) in [6.07, 6.45) is 3.65. The molecular formula is C30H33NaO6S. The number of benzene rings is 3. The molecule has 0 bridgehead atoms. The van der Waals surface area contributed by atoms with Gasteiger partial charge in [0.1, 0.15) is 17.2 Å².